The van der Waals surface area contributed by atoms with Crippen molar-refractivity contribution in [3.05, 3.63) is 29.8 Å². The number of hydrogen-bond acceptors (Lipinski definition) is 2. The third-order valence-electron chi connectivity index (χ3n) is 6.73. The molecule has 4 aliphatic rings. The Morgan fingerprint density at radius 2 is 1.61 bits per heavy atom. The van der Waals surface area contributed by atoms with Crippen molar-refractivity contribution in [3.8, 4) is 5.75 Å². The SMILES string of the molecule is COc1ccc(CC[C@H](C)NC2C3CC4CC(C3)CC2C4)cc1. The Labute approximate surface area is 141 Å². The lowest BCUT2D eigenvalue weighted by atomic mass is 9.54. The third-order valence-corrected chi connectivity index (χ3v) is 6.73. The van der Waals surface area contributed by atoms with Gasteiger partial charge in [-0.1, -0.05) is 12.1 Å². The lowest BCUT2D eigenvalue weighted by Gasteiger charge is -2.55. The summed E-state index contributed by atoms with van der Waals surface area (Å²) >= 11 is 0. The topological polar surface area (TPSA) is 21.3 Å². The molecule has 0 saturated heterocycles. The van der Waals surface area contributed by atoms with Crippen LogP contribution in [-0.4, -0.2) is 19.2 Å². The molecule has 1 N–H and O–H groups in total. The molecule has 4 bridgehead atoms. The van der Waals surface area contributed by atoms with Crippen molar-refractivity contribution in [1.82, 2.24) is 5.32 Å². The van der Waals surface area contributed by atoms with Crippen LogP contribution in [0.5, 0.6) is 5.75 Å². The molecule has 0 aromatic heterocycles. The minimum atomic E-state index is 0.625. The molecule has 1 aromatic carbocycles. The van der Waals surface area contributed by atoms with Gasteiger partial charge in [-0.15, -0.1) is 0 Å². The highest BCUT2D eigenvalue weighted by Crippen LogP contribution is 2.53. The third kappa shape index (κ3) is 3.28. The Bertz CT molecular complexity index is 495. The molecule has 5 rings (SSSR count). The molecule has 1 aromatic rings. The summed E-state index contributed by atoms with van der Waals surface area (Å²) in [5, 5.41) is 4.03. The van der Waals surface area contributed by atoms with Crippen LogP contribution in [0.15, 0.2) is 24.3 Å². The molecule has 126 valence electrons. The van der Waals surface area contributed by atoms with Crippen molar-refractivity contribution in [2.45, 2.75) is 64.0 Å². The first-order valence-corrected chi connectivity index (χ1v) is 9.60. The van der Waals surface area contributed by atoms with E-state index in [1.54, 1.807) is 13.5 Å². The van der Waals surface area contributed by atoms with Gasteiger partial charge in [0.05, 0.1) is 7.11 Å². The number of aryl methyl sites for hydroxylation is 1. The van der Waals surface area contributed by atoms with Crippen molar-refractivity contribution >= 4 is 0 Å². The monoisotopic (exact) mass is 313 g/mol. The van der Waals surface area contributed by atoms with Crippen LogP contribution in [0.2, 0.25) is 0 Å². The maximum atomic E-state index is 5.24. The second kappa shape index (κ2) is 6.47. The number of nitrogens with one attached hydrogen (secondary N) is 1. The number of ether oxygens (including phenoxy) is 1. The van der Waals surface area contributed by atoms with Gasteiger partial charge in [-0.2, -0.15) is 0 Å². The van der Waals surface area contributed by atoms with E-state index in [9.17, 15) is 0 Å². The first-order chi connectivity index (χ1) is 11.2. The van der Waals surface area contributed by atoms with Gasteiger partial charge in [-0.05, 0) is 93.2 Å². The highest BCUT2D eigenvalue weighted by Gasteiger charge is 2.48. The van der Waals surface area contributed by atoms with Gasteiger partial charge < -0.3 is 10.1 Å². The van der Waals surface area contributed by atoms with E-state index >= 15 is 0 Å². The van der Waals surface area contributed by atoms with E-state index in [-0.39, 0.29) is 0 Å². The molecule has 0 heterocycles. The zero-order valence-electron chi connectivity index (χ0n) is 14.6. The molecular weight excluding hydrogens is 282 g/mol. The second-order valence-electron chi connectivity index (χ2n) is 8.41. The number of benzene rings is 1. The van der Waals surface area contributed by atoms with Crippen molar-refractivity contribution in [2.75, 3.05) is 7.11 Å². The second-order valence-corrected chi connectivity index (χ2v) is 8.41. The molecule has 1 atom stereocenters. The molecule has 4 saturated carbocycles. The van der Waals surface area contributed by atoms with E-state index in [0.717, 1.165) is 41.9 Å². The summed E-state index contributed by atoms with van der Waals surface area (Å²) in [5.41, 5.74) is 1.42. The van der Waals surface area contributed by atoms with Gasteiger partial charge >= 0.3 is 0 Å². The zero-order valence-corrected chi connectivity index (χ0v) is 14.6. The van der Waals surface area contributed by atoms with Crippen LogP contribution in [0, 0.1) is 23.7 Å². The Balaban J connectivity index is 1.29. The van der Waals surface area contributed by atoms with Crippen molar-refractivity contribution in [1.29, 1.82) is 0 Å². The average molecular weight is 313 g/mol. The largest absolute Gasteiger partial charge is 0.497 e. The van der Waals surface area contributed by atoms with E-state index in [2.05, 4.69) is 36.5 Å². The maximum Gasteiger partial charge on any atom is 0.118 e. The molecule has 0 unspecified atom stereocenters. The number of methoxy groups -OCH3 is 1. The molecule has 0 radical (unpaired) electrons. The van der Waals surface area contributed by atoms with E-state index in [4.69, 9.17) is 4.74 Å². The summed E-state index contributed by atoms with van der Waals surface area (Å²) in [6.45, 7) is 2.38. The molecule has 4 aliphatic carbocycles. The van der Waals surface area contributed by atoms with Crippen LogP contribution in [0.1, 0.15) is 51.0 Å². The first kappa shape index (κ1) is 15.5. The fourth-order valence-corrected chi connectivity index (χ4v) is 5.78. The number of hydrogen-bond donors (Lipinski definition) is 1. The van der Waals surface area contributed by atoms with E-state index in [1.807, 2.05) is 0 Å². The summed E-state index contributed by atoms with van der Waals surface area (Å²) in [5.74, 6) is 5.06. The van der Waals surface area contributed by atoms with Gasteiger partial charge in [0.1, 0.15) is 5.75 Å². The fraction of sp³-hybridized carbons (Fsp3) is 0.714. The maximum absolute atomic E-state index is 5.24. The Morgan fingerprint density at radius 3 is 2.17 bits per heavy atom. The lowest BCUT2D eigenvalue weighted by molar-refractivity contribution is -0.0172. The summed E-state index contributed by atoms with van der Waals surface area (Å²) < 4.78 is 5.24. The predicted molar refractivity (Wildman–Crippen MR) is 94.7 cm³/mol. The normalized spacial score (nSPS) is 36.2. The highest BCUT2D eigenvalue weighted by molar-refractivity contribution is 5.27. The van der Waals surface area contributed by atoms with E-state index in [1.165, 1.54) is 37.7 Å². The first-order valence-electron chi connectivity index (χ1n) is 9.60. The molecule has 0 spiro atoms. The molecule has 0 amide bonds. The van der Waals surface area contributed by atoms with Gasteiger partial charge in [-0.3, -0.25) is 0 Å². The van der Waals surface area contributed by atoms with Gasteiger partial charge in [0, 0.05) is 12.1 Å². The smallest absolute Gasteiger partial charge is 0.118 e. The Morgan fingerprint density at radius 1 is 1.00 bits per heavy atom. The minimum Gasteiger partial charge on any atom is -0.497 e. The molecular formula is C21H31NO. The fourth-order valence-electron chi connectivity index (χ4n) is 5.78. The molecule has 2 nitrogen and oxygen atoms in total. The molecule has 0 aliphatic heterocycles. The van der Waals surface area contributed by atoms with E-state index in [0.29, 0.717) is 6.04 Å². The zero-order chi connectivity index (χ0) is 15.8. The Hall–Kier alpha value is -1.02. The number of rotatable bonds is 6. The van der Waals surface area contributed by atoms with Crippen LogP contribution in [-0.2, 0) is 6.42 Å². The van der Waals surface area contributed by atoms with Gasteiger partial charge in [0.2, 0.25) is 0 Å². The summed E-state index contributed by atoms with van der Waals surface area (Å²) in [4.78, 5) is 0. The van der Waals surface area contributed by atoms with Crippen molar-refractivity contribution < 1.29 is 4.74 Å². The summed E-state index contributed by atoms with van der Waals surface area (Å²) in [7, 11) is 1.73. The van der Waals surface area contributed by atoms with E-state index < -0.39 is 0 Å². The molecule has 23 heavy (non-hydrogen) atoms. The van der Waals surface area contributed by atoms with Crippen molar-refractivity contribution in [3.63, 3.8) is 0 Å². The van der Waals surface area contributed by atoms with Crippen LogP contribution in [0.4, 0.5) is 0 Å². The Kier molecular flexibility index (Phi) is 4.36. The standard InChI is InChI=1S/C21H31NO/c1-14(3-4-15-5-7-20(23-2)8-6-15)22-21-18-10-16-9-17(12-18)13-19(21)11-16/h5-8,14,16-19,21-22H,3-4,9-13H2,1-2H3/t14-,16?,17?,18?,19?,21?/m0/s1. The summed E-state index contributed by atoms with van der Waals surface area (Å²) in [6.07, 6.45) is 9.98. The average Bonchev–Trinajstić information content (AvgIpc) is 2.56. The van der Waals surface area contributed by atoms with Crippen LogP contribution < -0.4 is 10.1 Å². The molecule has 2 heteroatoms. The molecule has 4 fully saturated rings. The van der Waals surface area contributed by atoms with Gasteiger partial charge in [0.25, 0.3) is 0 Å². The van der Waals surface area contributed by atoms with Crippen LogP contribution in [0.25, 0.3) is 0 Å². The van der Waals surface area contributed by atoms with Gasteiger partial charge in [-0.25, -0.2) is 0 Å². The minimum absolute atomic E-state index is 0.625. The van der Waals surface area contributed by atoms with Gasteiger partial charge in [0.15, 0.2) is 0 Å². The lowest BCUT2D eigenvalue weighted by Crippen LogP contribution is -2.56. The highest BCUT2D eigenvalue weighted by atomic mass is 16.5. The van der Waals surface area contributed by atoms with Crippen LogP contribution in [0.3, 0.4) is 0 Å². The quantitative estimate of drug-likeness (QED) is 0.839. The van der Waals surface area contributed by atoms with Crippen LogP contribution >= 0.6 is 0 Å². The van der Waals surface area contributed by atoms with Crippen molar-refractivity contribution in [2.24, 2.45) is 23.7 Å². The predicted octanol–water partition coefficient (Wildman–Crippen LogP) is 4.43. The summed E-state index contributed by atoms with van der Waals surface area (Å²) in [6, 6.07) is 9.99.